The van der Waals surface area contributed by atoms with Crippen molar-refractivity contribution in [2.24, 2.45) is 5.92 Å². The van der Waals surface area contributed by atoms with E-state index in [0.29, 0.717) is 12.0 Å². The van der Waals surface area contributed by atoms with Crippen LogP contribution < -0.4 is 5.32 Å². The first-order valence-corrected chi connectivity index (χ1v) is 8.94. The Morgan fingerprint density at radius 2 is 2.04 bits per heavy atom. The fourth-order valence-electron chi connectivity index (χ4n) is 2.72. The Hall–Kier alpha value is -1.22. The minimum absolute atomic E-state index is 0.550. The highest BCUT2D eigenvalue weighted by atomic mass is 79.9. The Labute approximate surface area is 147 Å². The predicted molar refractivity (Wildman–Crippen MR) is 97.8 cm³/mol. The fourth-order valence-corrected chi connectivity index (χ4v) is 2.92. The quantitative estimate of drug-likeness (QED) is 0.611. The smallest absolute Gasteiger partial charge is 0.142 e. The lowest BCUT2D eigenvalue weighted by Gasteiger charge is -2.26. The van der Waals surface area contributed by atoms with Gasteiger partial charge in [-0.2, -0.15) is 0 Å². The maximum Gasteiger partial charge on any atom is 0.142 e. The minimum atomic E-state index is 0.550. The largest absolute Gasteiger partial charge is 0.307 e. The van der Waals surface area contributed by atoms with Crippen molar-refractivity contribution in [1.29, 1.82) is 0 Å². The summed E-state index contributed by atoms with van der Waals surface area (Å²) in [6.07, 6.45) is 10.2. The first-order valence-electron chi connectivity index (χ1n) is 8.15. The van der Waals surface area contributed by atoms with Crippen molar-refractivity contribution in [3.8, 4) is 11.8 Å². The van der Waals surface area contributed by atoms with E-state index in [9.17, 15) is 0 Å². The zero-order chi connectivity index (χ0) is 16.5. The van der Waals surface area contributed by atoms with Crippen LogP contribution in [-0.4, -0.2) is 41.0 Å². The zero-order valence-electron chi connectivity index (χ0n) is 13.8. The molecule has 124 valence electrons. The van der Waals surface area contributed by atoms with Gasteiger partial charge in [-0.1, -0.05) is 17.9 Å². The van der Waals surface area contributed by atoms with Gasteiger partial charge in [0, 0.05) is 30.9 Å². The summed E-state index contributed by atoms with van der Waals surface area (Å²) in [6.45, 7) is 6.20. The summed E-state index contributed by atoms with van der Waals surface area (Å²) < 4.78 is 0.916. The molecule has 2 rings (SSSR count). The summed E-state index contributed by atoms with van der Waals surface area (Å²) in [5, 5.41) is 3.56. The Morgan fingerprint density at radius 3 is 2.70 bits per heavy atom. The van der Waals surface area contributed by atoms with E-state index in [0.717, 1.165) is 29.9 Å². The molecule has 1 aromatic heterocycles. The van der Waals surface area contributed by atoms with Gasteiger partial charge in [0.1, 0.15) is 5.82 Å². The third-order valence-corrected chi connectivity index (χ3v) is 4.46. The predicted octanol–water partition coefficient (Wildman–Crippen LogP) is 3.01. The standard InChI is InChI=1S/C18H25BrN4/c1-3-10-23(2)11-4-5-15-6-8-17(9-7-15)20-14-18-21-12-16(19)13-22-18/h3,12-13,15,17,20H,1,6-11,14H2,2H3/t15-,17-. The molecule has 0 saturated heterocycles. The number of nitrogens with one attached hydrogen (secondary N) is 1. The molecule has 5 heteroatoms. The van der Waals surface area contributed by atoms with E-state index in [1.807, 2.05) is 6.08 Å². The average molecular weight is 377 g/mol. The third kappa shape index (κ3) is 6.82. The number of likely N-dealkylation sites (N-methyl/N-ethyl adjacent to an activating group) is 1. The number of aromatic nitrogens is 2. The Balaban J connectivity index is 1.66. The lowest BCUT2D eigenvalue weighted by molar-refractivity contribution is 0.330. The van der Waals surface area contributed by atoms with Gasteiger partial charge >= 0.3 is 0 Å². The number of nitrogens with zero attached hydrogens (tertiary/aromatic N) is 3. The lowest BCUT2D eigenvalue weighted by Crippen LogP contribution is -2.33. The number of hydrogen-bond donors (Lipinski definition) is 1. The van der Waals surface area contributed by atoms with Gasteiger partial charge in [0.15, 0.2) is 0 Å². The summed E-state index contributed by atoms with van der Waals surface area (Å²) in [6, 6.07) is 0.559. The second-order valence-electron chi connectivity index (χ2n) is 6.05. The number of rotatable bonds is 6. The van der Waals surface area contributed by atoms with Gasteiger partial charge in [0.2, 0.25) is 0 Å². The molecule has 1 aromatic rings. The van der Waals surface area contributed by atoms with Gasteiger partial charge in [0.25, 0.3) is 0 Å². The fraction of sp³-hybridized carbons (Fsp3) is 0.556. The monoisotopic (exact) mass is 376 g/mol. The van der Waals surface area contributed by atoms with Gasteiger partial charge in [-0.25, -0.2) is 9.97 Å². The second-order valence-corrected chi connectivity index (χ2v) is 6.97. The van der Waals surface area contributed by atoms with Gasteiger partial charge in [0.05, 0.1) is 17.6 Å². The van der Waals surface area contributed by atoms with Crippen molar-refractivity contribution in [1.82, 2.24) is 20.2 Å². The van der Waals surface area contributed by atoms with Crippen LogP contribution in [-0.2, 0) is 6.54 Å². The maximum absolute atomic E-state index is 4.30. The van der Waals surface area contributed by atoms with E-state index < -0.39 is 0 Å². The molecule has 23 heavy (non-hydrogen) atoms. The lowest BCUT2D eigenvalue weighted by atomic mass is 9.86. The first kappa shape index (κ1) is 18.1. The van der Waals surface area contributed by atoms with Crippen LogP contribution >= 0.6 is 15.9 Å². The molecule has 1 N–H and O–H groups in total. The molecule has 0 atom stereocenters. The van der Waals surface area contributed by atoms with E-state index in [1.54, 1.807) is 12.4 Å². The van der Waals surface area contributed by atoms with E-state index >= 15 is 0 Å². The molecule has 0 radical (unpaired) electrons. The molecule has 0 amide bonds. The van der Waals surface area contributed by atoms with Crippen LogP contribution in [0.1, 0.15) is 31.5 Å². The van der Waals surface area contributed by atoms with Gasteiger partial charge in [-0.15, -0.1) is 6.58 Å². The summed E-state index contributed by atoms with van der Waals surface area (Å²) >= 11 is 3.35. The van der Waals surface area contributed by atoms with E-state index in [4.69, 9.17) is 0 Å². The Bertz CT molecular complexity index is 538. The summed E-state index contributed by atoms with van der Waals surface area (Å²) in [4.78, 5) is 10.8. The minimum Gasteiger partial charge on any atom is -0.307 e. The van der Waals surface area contributed by atoms with Crippen LogP contribution in [0.3, 0.4) is 0 Å². The first-order chi connectivity index (χ1) is 11.2. The molecule has 0 unspecified atom stereocenters. The van der Waals surface area contributed by atoms with Crippen molar-refractivity contribution in [3.63, 3.8) is 0 Å². The molecule has 1 heterocycles. The van der Waals surface area contributed by atoms with Crippen LogP contribution in [0.5, 0.6) is 0 Å². The molecule has 1 saturated carbocycles. The molecule has 1 aliphatic rings. The van der Waals surface area contributed by atoms with Gasteiger partial charge < -0.3 is 5.32 Å². The average Bonchev–Trinajstić information content (AvgIpc) is 2.56. The Morgan fingerprint density at radius 1 is 1.35 bits per heavy atom. The Kier molecular flexibility index (Phi) is 7.73. The van der Waals surface area contributed by atoms with Gasteiger partial charge in [-0.3, -0.25) is 4.90 Å². The van der Waals surface area contributed by atoms with Crippen molar-refractivity contribution in [2.75, 3.05) is 20.1 Å². The summed E-state index contributed by atoms with van der Waals surface area (Å²) in [5.41, 5.74) is 0. The SMILES string of the molecule is C=CCN(C)CC#C[C@H]1CC[C@H](NCc2ncc(Br)cn2)CC1. The van der Waals surface area contributed by atoms with Crippen LogP contribution in [0.15, 0.2) is 29.5 Å². The molecular weight excluding hydrogens is 352 g/mol. The van der Waals surface area contributed by atoms with Crippen LogP contribution in [0.25, 0.3) is 0 Å². The molecule has 0 bridgehead atoms. The number of hydrogen-bond acceptors (Lipinski definition) is 4. The second kappa shape index (κ2) is 9.82. The van der Waals surface area contributed by atoms with Crippen LogP contribution in [0.2, 0.25) is 0 Å². The third-order valence-electron chi connectivity index (χ3n) is 4.05. The normalized spacial score (nSPS) is 20.8. The van der Waals surface area contributed by atoms with Crippen molar-refractivity contribution in [3.05, 3.63) is 35.3 Å². The molecular formula is C18H25BrN4. The molecule has 1 fully saturated rings. The number of halogens is 1. The topological polar surface area (TPSA) is 41.0 Å². The highest BCUT2D eigenvalue weighted by Gasteiger charge is 2.19. The van der Waals surface area contributed by atoms with E-state index in [1.165, 1.54) is 25.7 Å². The summed E-state index contributed by atoms with van der Waals surface area (Å²) in [5.74, 6) is 8.13. The molecule has 0 aromatic carbocycles. The summed E-state index contributed by atoms with van der Waals surface area (Å²) in [7, 11) is 2.07. The molecule has 4 nitrogen and oxygen atoms in total. The van der Waals surface area contributed by atoms with E-state index in [-0.39, 0.29) is 0 Å². The van der Waals surface area contributed by atoms with Gasteiger partial charge in [-0.05, 0) is 48.7 Å². The van der Waals surface area contributed by atoms with Crippen LogP contribution in [0, 0.1) is 17.8 Å². The van der Waals surface area contributed by atoms with Crippen molar-refractivity contribution in [2.45, 2.75) is 38.3 Å². The maximum atomic E-state index is 4.30. The molecule has 0 aliphatic heterocycles. The van der Waals surface area contributed by atoms with E-state index in [2.05, 4.69) is 61.6 Å². The highest BCUT2D eigenvalue weighted by Crippen LogP contribution is 2.23. The van der Waals surface area contributed by atoms with Crippen molar-refractivity contribution < 1.29 is 0 Å². The van der Waals surface area contributed by atoms with Crippen LogP contribution in [0.4, 0.5) is 0 Å². The molecule has 1 aliphatic carbocycles. The zero-order valence-corrected chi connectivity index (χ0v) is 15.3. The highest BCUT2D eigenvalue weighted by molar-refractivity contribution is 9.10. The molecule has 0 spiro atoms. The van der Waals surface area contributed by atoms with Crippen molar-refractivity contribution >= 4 is 15.9 Å².